The monoisotopic (exact) mass is 260 g/mol. The number of benzene rings is 1. The van der Waals surface area contributed by atoms with Crippen LogP contribution in [0.15, 0.2) is 30.3 Å². The molecule has 0 aromatic heterocycles. The van der Waals surface area contributed by atoms with Gasteiger partial charge in [0, 0.05) is 26.2 Å². The second-order valence-electron chi connectivity index (χ2n) is 5.96. The number of hydrogen-bond donors (Lipinski definition) is 1. The fourth-order valence-electron chi connectivity index (χ4n) is 3.39. The van der Waals surface area contributed by atoms with Gasteiger partial charge in [-0.05, 0) is 31.2 Å². The minimum atomic E-state index is 0.150. The number of likely N-dealkylation sites (tertiary alicyclic amines) is 1. The summed E-state index contributed by atoms with van der Waals surface area (Å²) in [6.07, 6.45) is 4.98. The molecule has 0 amide bonds. The maximum Gasteiger partial charge on any atom is 0.0712 e. The van der Waals surface area contributed by atoms with E-state index in [0.717, 1.165) is 38.9 Å². The van der Waals surface area contributed by atoms with Crippen LogP contribution >= 0.6 is 0 Å². The third-order valence-corrected chi connectivity index (χ3v) is 4.62. The topological polar surface area (TPSA) is 38.5 Å². The molecule has 0 saturated carbocycles. The summed E-state index contributed by atoms with van der Waals surface area (Å²) in [4.78, 5) is 2.54. The quantitative estimate of drug-likeness (QED) is 0.905. The molecule has 2 fully saturated rings. The third-order valence-electron chi connectivity index (χ3n) is 4.62. The largest absolute Gasteiger partial charge is 0.370 e. The first-order chi connectivity index (χ1) is 9.30. The van der Waals surface area contributed by atoms with Gasteiger partial charge < -0.3 is 10.5 Å². The lowest BCUT2D eigenvalue weighted by atomic mass is 9.88. The second-order valence-corrected chi connectivity index (χ2v) is 5.96. The van der Waals surface area contributed by atoms with E-state index in [0.29, 0.717) is 12.6 Å². The van der Waals surface area contributed by atoms with Crippen LogP contribution in [0.5, 0.6) is 0 Å². The zero-order valence-electron chi connectivity index (χ0n) is 11.6. The highest BCUT2D eigenvalue weighted by Gasteiger charge is 2.41. The van der Waals surface area contributed by atoms with Gasteiger partial charge in [0.2, 0.25) is 0 Å². The van der Waals surface area contributed by atoms with E-state index in [-0.39, 0.29) is 5.60 Å². The highest BCUT2D eigenvalue weighted by atomic mass is 16.5. The highest BCUT2D eigenvalue weighted by Crippen LogP contribution is 2.38. The molecular formula is C16H24N2O. The molecule has 3 nitrogen and oxygen atoms in total. The second kappa shape index (κ2) is 5.61. The lowest BCUT2D eigenvalue weighted by Gasteiger charge is -2.39. The summed E-state index contributed by atoms with van der Waals surface area (Å²) < 4.78 is 6.19. The van der Waals surface area contributed by atoms with Crippen LogP contribution in [-0.2, 0) is 11.3 Å². The predicted octanol–water partition coefficient (Wildman–Crippen LogP) is 2.16. The summed E-state index contributed by atoms with van der Waals surface area (Å²) in [5.41, 5.74) is 7.28. The molecule has 0 unspecified atom stereocenters. The predicted molar refractivity (Wildman–Crippen MR) is 76.8 cm³/mol. The van der Waals surface area contributed by atoms with E-state index in [1.807, 2.05) is 0 Å². The fraction of sp³-hybridized carbons (Fsp3) is 0.625. The Hall–Kier alpha value is -0.900. The minimum Gasteiger partial charge on any atom is -0.370 e. The van der Waals surface area contributed by atoms with Crippen LogP contribution in [0.1, 0.15) is 31.2 Å². The summed E-state index contributed by atoms with van der Waals surface area (Å²) in [6, 6.07) is 10.7. The maximum atomic E-state index is 6.19. The Kier molecular flexibility index (Phi) is 3.87. The average molecular weight is 260 g/mol. The first-order valence-corrected chi connectivity index (χ1v) is 7.44. The zero-order chi connectivity index (χ0) is 13.1. The van der Waals surface area contributed by atoms with Gasteiger partial charge in [0.25, 0.3) is 0 Å². The van der Waals surface area contributed by atoms with Gasteiger partial charge in [0.05, 0.1) is 11.7 Å². The molecule has 0 aliphatic carbocycles. The van der Waals surface area contributed by atoms with Crippen molar-refractivity contribution in [3.63, 3.8) is 0 Å². The molecule has 2 N–H and O–H groups in total. The smallest absolute Gasteiger partial charge is 0.0712 e. The van der Waals surface area contributed by atoms with E-state index in [1.165, 1.54) is 12.0 Å². The SMILES string of the molecule is NC[C@H]1CCC2(CCN(Cc3ccccc3)CC2)O1. The molecule has 19 heavy (non-hydrogen) atoms. The molecule has 0 bridgehead atoms. The van der Waals surface area contributed by atoms with E-state index in [2.05, 4.69) is 35.2 Å². The normalized spacial score (nSPS) is 26.9. The van der Waals surface area contributed by atoms with Crippen molar-refractivity contribution in [3.05, 3.63) is 35.9 Å². The first kappa shape index (κ1) is 13.1. The summed E-state index contributed by atoms with van der Waals surface area (Å²) >= 11 is 0. The van der Waals surface area contributed by atoms with Crippen LogP contribution in [0.3, 0.4) is 0 Å². The molecule has 3 heteroatoms. The zero-order valence-corrected chi connectivity index (χ0v) is 11.6. The van der Waals surface area contributed by atoms with Crippen molar-refractivity contribution in [3.8, 4) is 0 Å². The van der Waals surface area contributed by atoms with Gasteiger partial charge in [-0.1, -0.05) is 30.3 Å². The Morgan fingerprint density at radius 3 is 2.53 bits per heavy atom. The molecule has 0 radical (unpaired) electrons. The van der Waals surface area contributed by atoms with Crippen molar-refractivity contribution in [1.82, 2.24) is 4.90 Å². The van der Waals surface area contributed by atoms with Gasteiger partial charge in [-0.15, -0.1) is 0 Å². The van der Waals surface area contributed by atoms with Crippen LogP contribution in [0, 0.1) is 0 Å². The number of rotatable bonds is 3. The molecule has 1 aromatic carbocycles. The first-order valence-electron chi connectivity index (χ1n) is 7.44. The average Bonchev–Trinajstić information content (AvgIpc) is 2.86. The molecule has 3 rings (SSSR count). The van der Waals surface area contributed by atoms with Crippen molar-refractivity contribution in [2.75, 3.05) is 19.6 Å². The number of nitrogens with two attached hydrogens (primary N) is 1. The van der Waals surface area contributed by atoms with Gasteiger partial charge in [-0.3, -0.25) is 4.90 Å². The van der Waals surface area contributed by atoms with Crippen molar-refractivity contribution in [2.24, 2.45) is 5.73 Å². The lowest BCUT2D eigenvalue weighted by Crippen LogP contribution is -2.44. The van der Waals surface area contributed by atoms with Crippen molar-refractivity contribution in [1.29, 1.82) is 0 Å². The summed E-state index contributed by atoms with van der Waals surface area (Å²) in [7, 11) is 0. The summed E-state index contributed by atoms with van der Waals surface area (Å²) in [6.45, 7) is 4.03. The van der Waals surface area contributed by atoms with Crippen molar-refractivity contribution < 1.29 is 4.74 Å². The maximum absolute atomic E-state index is 6.19. The number of ether oxygens (including phenoxy) is 1. The molecule has 1 spiro atoms. The fourth-order valence-corrected chi connectivity index (χ4v) is 3.39. The van der Waals surface area contributed by atoms with E-state index in [4.69, 9.17) is 10.5 Å². The molecule has 2 aliphatic rings. The molecule has 2 aliphatic heterocycles. The van der Waals surface area contributed by atoms with E-state index >= 15 is 0 Å². The molecule has 1 aromatic rings. The molecular weight excluding hydrogens is 236 g/mol. The molecule has 104 valence electrons. The van der Waals surface area contributed by atoms with Gasteiger partial charge in [-0.25, -0.2) is 0 Å². The van der Waals surface area contributed by atoms with Gasteiger partial charge in [-0.2, -0.15) is 0 Å². The number of piperidine rings is 1. The van der Waals surface area contributed by atoms with Crippen LogP contribution in [0.4, 0.5) is 0 Å². The molecule has 1 atom stereocenters. The summed E-state index contributed by atoms with van der Waals surface area (Å²) in [5, 5.41) is 0. The van der Waals surface area contributed by atoms with Crippen LogP contribution in [0.2, 0.25) is 0 Å². The van der Waals surface area contributed by atoms with E-state index < -0.39 is 0 Å². The third kappa shape index (κ3) is 2.99. The van der Waals surface area contributed by atoms with Gasteiger partial charge in [0.1, 0.15) is 0 Å². The van der Waals surface area contributed by atoms with Gasteiger partial charge in [0.15, 0.2) is 0 Å². The number of hydrogen-bond acceptors (Lipinski definition) is 3. The van der Waals surface area contributed by atoms with Crippen molar-refractivity contribution in [2.45, 2.75) is 43.9 Å². The Morgan fingerprint density at radius 1 is 1.16 bits per heavy atom. The van der Waals surface area contributed by atoms with E-state index in [9.17, 15) is 0 Å². The Bertz CT molecular complexity index is 398. The van der Waals surface area contributed by atoms with Gasteiger partial charge >= 0.3 is 0 Å². The Labute approximate surface area is 115 Å². The molecule has 2 saturated heterocycles. The van der Waals surface area contributed by atoms with Crippen molar-refractivity contribution >= 4 is 0 Å². The number of nitrogens with zero attached hydrogens (tertiary/aromatic N) is 1. The molecule has 2 heterocycles. The lowest BCUT2D eigenvalue weighted by molar-refractivity contribution is -0.0749. The van der Waals surface area contributed by atoms with Crippen LogP contribution < -0.4 is 5.73 Å². The highest BCUT2D eigenvalue weighted by molar-refractivity contribution is 5.14. The van der Waals surface area contributed by atoms with Crippen LogP contribution in [0.25, 0.3) is 0 Å². The van der Waals surface area contributed by atoms with E-state index in [1.54, 1.807) is 0 Å². The minimum absolute atomic E-state index is 0.150. The standard InChI is InChI=1S/C16H24N2O/c17-12-15-6-7-16(19-15)8-10-18(11-9-16)13-14-4-2-1-3-5-14/h1-5,15H,6-13,17H2/t15-/m1/s1. The summed E-state index contributed by atoms with van der Waals surface area (Å²) in [5.74, 6) is 0. The Morgan fingerprint density at radius 2 is 1.89 bits per heavy atom. The Balaban J connectivity index is 1.53. The van der Waals surface area contributed by atoms with Crippen LogP contribution in [-0.4, -0.2) is 36.2 Å².